The summed E-state index contributed by atoms with van der Waals surface area (Å²) in [5.74, 6) is 1.49. The lowest BCUT2D eigenvalue weighted by atomic mass is 10.00. The average molecular weight is 423 g/mol. The van der Waals surface area contributed by atoms with E-state index in [9.17, 15) is 9.59 Å². The lowest BCUT2D eigenvalue weighted by Crippen LogP contribution is -2.53. The van der Waals surface area contributed by atoms with E-state index in [2.05, 4.69) is 29.2 Å². The number of amides is 2. The summed E-state index contributed by atoms with van der Waals surface area (Å²) >= 11 is 1.91. The average Bonchev–Trinajstić information content (AvgIpc) is 3.20. The fraction of sp³-hybridized carbons (Fsp3) is 0.440. The van der Waals surface area contributed by atoms with E-state index in [4.69, 9.17) is 0 Å². The molecule has 0 unspecified atom stereocenters. The van der Waals surface area contributed by atoms with Gasteiger partial charge in [-0.15, -0.1) is 11.8 Å². The fourth-order valence-electron chi connectivity index (χ4n) is 4.57. The number of rotatable bonds is 6. The Morgan fingerprint density at radius 2 is 1.30 bits per heavy atom. The molecule has 4 rings (SSSR count). The van der Waals surface area contributed by atoms with Crippen molar-refractivity contribution in [3.05, 3.63) is 71.8 Å². The maximum absolute atomic E-state index is 13.0. The second-order valence-corrected chi connectivity index (χ2v) is 9.65. The van der Waals surface area contributed by atoms with Crippen LogP contribution in [0.1, 0.15) is 36.8 Å². The monoisotopic (exact) mass is 422 g/mol. The Morgan fingerprint density at radius 3 is 1.87 bits per heavy atom. The number of benzene rings is 2. The summed E-state index contributed by atoms with van der Waals surface area (Å²) < 4.78 is 0. The lowest BCUT2D eigenvalue weighted by Gasteiger charge is -2.44. The Balaban J connectivity index is 1.28. The first-order chi connectivity index (χ1) is 14.7. The van der Waals surface area contributed by atoms with Crippen molar-refractivity contribution >= 4 is 23.6 Å². The van der Waals surface area contributed by atoms with Crippen molar-refractivity contribution in [2.75, 3.05) is 25.4 Å². The van der Waals surface area contributed by atoms with Crippen molar-refractivity contribution in [2.45, 2.75) is 43.4 Å². The van der Waals surface area contributed by atoms with Gasteiger partial charge < -0.3 is 9.80 Å². The van der Waals surface area contributed by atoms with E-state index in [1.54, 1.807) is 0 Å². The number of hydrogen-bond donors (Lipinski definition) is 0. The summed E-state index contributed by atoms with van der Waals surface area (Å²) in [6.07, 6.45) is 4.47. The smallest absolute Gasteiger partial charge is 0.224 e. The maximum atomic E-state index is 13.0. The molecule has 4 nitrogen and oxygen atoms in total. The van der Waals surface area contributed by atoms with E-state index in [1.807, 2.05) is 53.1 Å². The first-order valence-corrected chi connectivity index (χ1v) is 11.9. The summed E-state index contributed by atoms with van der Waals surface area (Å²) in [7, 11) is 0. The number of carbonyl (C=O) groups excluding carboxylic acids is 2. The lowest BCUT2D eigenvalue weighted by molar-refractivity contribution is -0.137. The van der Waals surface area contributed by atoms with Crippen LogP contribution in [0.5, 0.6) is 0 Å². The van der Waals surface area contributed by atoms with Crippen LogP contribution in [0.2, 0.25) is 0 Å². The zero-order valence-electron chi connectivity index (χ0n) is 17.5. The van der Waals surface area contributed by atoms with Crippen molar-refractivity contribution in [1.82, 2.24) is 9.80 Å². The van der Waals surface area contributed by atoms with Crippen LogP contribution >= 0.6 is 11.8 Å². The van der Waals surface area contributed by atoms with Gasteiger partial charge in [-0.25, -0.2) is 0 Å². The van der Waals surface area contributed by atoms with Gasteiger partial charge in [0.1, 0.15) is 0 Å². The predicted octanol–water partition coefficient (Wildman–Crippen LogP) is 4.15. The van der Waals surface area contributed by atoms with Crippen LogP contribution in [-0.4, -0.2) is 51.9 Å². The number of thioether (sulfide) groups is 1. The van der Waals surface area contributed by atoms with Crippen LogP contribution in [0.4, 0.5) is 0 Å². The second kappa shape index (κ2) is 9.69. The van der Waals surface area contributed by atoms with E-state index >= 15 is 0 Å². The van der Waals surface area contributed by atoms with Gasteiger partial charge in [-0.3, -0.25) is 9.59 Å². The zero-order chi connectivity index (χ0) is 20.8. The first-order valence-electron chi connectivity index (χ1n) is 11.0. The molecule has 0 radical (unpaired) electrons. The molecular weight excluding hydrogens is 392 g/mol. The van der Waals surface area contributed by atoms with Crippen molar-refractivity contribution in [1.29, 1.82) is 0 Å². The topological polar surface area (TPSA) is 40.6 Å². The van der Waals surface area contributed by atoms with Crippen molar-refractivity contribution < 1.29 is 9.59 Å². The van der Waals surface area contributed by atoms with Gasteiger partial charge in [0.2, 0.25) is 11.8 Å². The van der Waals surface area contributed by atoms with E-state index in [-0.39, 0.29) is 16.7 Å². The van der Waals surface area contributed by atoms with Crippen LogP contribution in [0.15, 0.2) is 60.7 Å². The fourth-order valence-corrected chi connectivity index (χ4v) is 6.04. The quantitative estimate of drug-likeness (QED) is 0.702. The maximum Gasteiger partial charge on any atom is 0.224 e. The molecule has 2 heterocycles. The molecule has 158 valence electrons. The third kappa shape index (κ3) is 4.89. The van der Waals surface area contributed by atoms with Crippen LogP contribution in [-0.2, 0) is 22.4 Å². The van der Waals surface area contributed by atoms with E-state index < -0.39 is 0 Å². The Labute approximate surface area is 183 Å². The van der Waals surface area contributed by atoms with Crippen molar-refractivity contribution in [2.24, 2.45) is 0 Å². The van der Waals surface area contributed by atoms with Crippen molar-refractivity contribution in [3.8, 4) is 0 Å². The molecule has 0 aromatic heterocycles. The molecule has 0 atom stereocenters. The highest BCUT2D eigenvalue weighted by atomic mass is 32.2. The third-order valence-electron chi connectivity index (χ3n) is 6.32. The Hall–Kier alpha value is -2.27. The Bertz CT molecular complexity index is 848. The summed E-state index contributed by atoms with van der Waals surface area (Å²) in [6, 6.07) is 20.4. The molecule has 0 aliphatic carbocycles. The number of likely N-dealkylation sites (tertiary alicyclic amines) is 1. The number of hydrogen-bond acceptors (Lipinski definition) is 3. The van der Waals surface area contributed by atoms with Gasteiger partial charge in [-0.1, -0.05) is 60.7 Å². The molecule has 0 saturated carbocycles. The van der Waals surface area contributed by atoms with Gasteiger partial charge in [0.15, 0.2) is 0 Å². The van der Waals surface area contributed by atoms with E-state index in [0.29, 0.717) is 12.8 Å². The number of nitrogens with zero attached hydrogens (tertiary/aromatic N) is 2. The molecular formula is C25H30N2O2S. The minimum Gasteiger partial charge on any atom is -0.342 e. The summed E-state index contributed by atoms with van der Waals surface area (Å²) in [5, 5.41) is 0. The molecule has 2 aromatic rings. The normalized spacial score (nSPS) is 18.0. The SMILES string of the molecule is O=C(CCc1ccccc1)N1CCC2(CC1)SCCN2C(=O)CCc1ccccc1. The predicted molar refractivity (Wildman–Crippen MR) is 122 cm³/mol. The molecule has 2 aromatic carbocycles. The number of aryl methyl sites for hydroxylation is 2. The van der Waals surface area contributed by atoms with Crippen LogP contribution in [0.3, 0.4) is 0 Å². The molecule has 1 spiro atoms. The molecule has 0 N–H and O–H groups in total. The van der Waals surface area contributed by atoms with Gasteiger partial charge in [0, 0.05) is 38.2 Å². The van der Waals surface area contributed by atoms with Crippen LogP contribution < -0.4 is 0 Å². The summed E-state index contributed by atoms with van der Waals surface area (Å²) in [6.45, 7) is 2.34. The zero-order valence-corrected chi connectivity index (χ0v) is 18.3. The Morgan fingerprint density at radius 1 is 0.767 bits per heavy atom. The number of carbonyl (C=O) groups is 2. The van der Waals surface area contributed by atoms with Crippen LogP contribution in [0, 0.1) is 0 Å². The minimum atomic E-state index is -0.107. The standard InChI is InChI=1S/C25H30N2O2S/c28-23(13-11-21-7-3-1-4-8-21)26-17-15-25(16-18-26)27(19-20-30-25)24(29)14-12-22-9-5-2-6-10-22/h1-10H,11-20H2. The van der Waals surface area contributed by atoms with Gasteiger partial charge in [-0.05, 0) is 36.8 Å². The third-order valence-corrected chi connectivity index (χ3v) is 7.87. The first kappa shape index (κ1) is 21.0. The van der Waals surface area contributed by atoms with Gasteiger partial charge >= 0.3 is 0 Å². The van der Waals surface area contributed by atoms with Gasteiger partial charge in [0.25, 0.3) is 0 Å². The molecule has 0 bridgehead atoms. The molecule has 30 heavy (non-hydrogen) atoms. The second-order valence-electron chi connectivity index (χ2n) is 8.19. The molecule has 2 fully saturated rings. The minimum absolute atomic E-state index is 0.107. The van der Waals surface area contributed by atoms with Gasteiger partial charge in [0.05, 0.1) is 4.87 Å². The molecule has 2 aliphatic rings. The Kier molecular flexibility index (Phi) is 6.78. The molecule has 2 saturated heterocycles. The summed E-state index contributed by atoms with van der Waals surface area (Å²) in [5.41, 5.74) is 2.42. The highest BCUT2D eigenvalue weighted by Crippen LogP contribution is 2.44. The highest BCUT2D eigenvalue weighted by molar-refractivity contribution is 8.00. The summed E-state index contributed by atoms with van der Waals surface area (Å²) in [4.78, 5) is 29.7. The molecule has 2 aliphatic heterocycles. The highest BCUT2D eigenvalue weighted by Gasteiger charge is 2.46. The van der Waals surface area contributed by atoms with Crippen molar-refractivity contribution in [3.63, 3.8) is 0 Å². The molecule has 2 amide bonds. The largest absolute Gasteiger partial charge is 0.342 e. The molecule has 5 heteroatoms. The van der Waals surface area contributed by atoms with E-state index in [1.165, 1.54) is 11.1 Å². The van der Waals surface area contributed by atoms with Gasteiger partial charge in [-0.2, -0.15) is 0 Å². The number of piperidine rings is 1. The van der Waals surface area contributed by atoms with Crippen LogP contribution in [0.25, 0.3) is 0 Å². The van der Waals surface area contributed by atoms with E-state index in [0.717, 1.165) is 51.1 Å².